The number of hydrogen-bond donors (Lipinski definition) is 0. The maximum absolute atomic E-state index is 14.5. The summed E-state index contributed by atoms with van der Waals surface area (Å²) < 4.78 is 95.3. The minimum Gasteiger partial charge on any atom is -0.444 e. The molecule has 360 valence electrons. The number of ether oxygens (including phenoxy) is 1. The second-order valence-electron chi connectivity index (χ2n) is 16.2. The average molecular weight is 996 g/mol. The van der Waals surface area contributed by atoms with Crippen LogP contribution < -0.4 is 0 Å². The van der Waals surface area contributed by atoms with Crippen molar-refractivity contribution >= 4 is 53.2 Å². The minimum atomic E-state index is -4.82. The van der Waals surface area contributed by atoms with Gasteiger partial charge in [-0.25, -0.2) is 30.0 Å². The Hall–Kier alpha value is -6.84. The summed E-state index contributed by atoms with van der Waals surface area (Å²) in [5.41, 5.74) is -3.11. The van der Waals surface area contributed by atoms with Gasteiger partial charge in [0.15, 0.2) is 14.7 Å². The molecule has 0 atom stereocenters. The molecule has 4 bridgehead atoms. The van der Waals surface area contributed by atoms with Gasteiger partial charge in [0.1, 0.15) is 5.60 Å². The van der Waals surface area contributed by atoms with Crippen LogP contribution in [0, 0.1) is 30.3 Å². The highest BCUT2D eigenvalue weighted by Crippen LogP contribution is 2.31. The maximum Gasteiger partial charge on any atom is 0.410 e. The lowest BCUT2D eigenvalue weighted by atomic mass is 10.2. The zero-order valence-corrected chi connectivity index (χ0v) is 39.2. The summed E-state index contributed by atoms with van der Waals surface area (Å²) in [7, 11) is -14.4. The Morgan fingerprint density at radius 2 is 0.838 bits per heavy atom. The van der Waals surface area contributed by atoms with Gasteiger partial charge in [-0.15, -0.1) is 0 Å². The lowest BCUT2D eigenvalue weighted by Gasteiger charge is -2.30. The van der Waals surface area contributed by atoms with E-state index in [-0.39, 0.29) is 35.7 Å². The van der Waals surface area contributed by atoms with Crippen LogP contribution in [0.15, 0.2) is 124 Å². The van der Waals surface area contributed by atoms with Crippen molar-refractivity contribution in [1.82, 2.24) is 27.8 Å². The third-order valence-electron chi connectivity index (χ3n) is 10.2. The van der Waals surface area contributed by atoms with Crippen molar-refractivity contribution in [2.75, 3.05) is 26.2 Å². The molecule has 0 aliphatic carbocycles. The fourth-order valence-corrected chi connectivity index (χ4v) is 11.8. The van der Waals surface area contributed by atoms with Crippen LogP contribution in [-0.2, 0) is 61.0 Å². The highest BCUT2D eigenvalue weighted by Gasteiger charge is 2.36. The van der Waals surface area contributed by atoms with Gasteiger partial charge >= 0.3 is 6.09 Å². The first-order valence-electron chi connectivity index (χ1n) is 20.6. The number of fused-ring (bicyclic) bond motifs is 4. The monoisotopic (exact) mass is 995 g/mol. The molecule has 1 amide bonds. The third kappa shape index (κ3) is 11.8. The molecule has 3 aromatic carbocycles. The zero-order chi connectivity index (χ0) is 49.6. The Bertz CT molecular complexity index is 3080. The number of nitrogens with zero attached hydrogens (tertiary/aromatic N) is 9. The summed E-state index contributed by atoms with van der Waals surface area (Å²) in [6.45, 7) is 0.901. The highest BCUT2D eigenvalue weighted by atomic mass is 32.2. The van der Waals surface area contributed by atoms with Crippen LogP contribution in [-0.4, -0.2) is 106 Å². The highest BCUT2D eigenvalue weighted by molar-refractivity contribution is 7.89. The number of carbonyl (C=O) groups is 1. The molecule has 0 fully saturated rings. The molecule has 0 N–H and O–H groups in total. The molecule has 2 aromatic heterocycles. The second kappa shape index (κ2) is 20.6. The van der Waals surface area contributed by atoms with Gasteiger partial charge in [0.25, 0.3) is 27.1 Å². The molecule has 26 heteroatoms. The standard InChI is InChI=1S/C42H45N9O14S3/c1-42(2,3)65-41(52)45-23-12-24-46(66(59,60)38-20-7-4-17-35(38)49(53)54)27-31-13-10-15-33(43-31)29-48(68(63,64)40-22-9-6-19-37(40)51(57)58)30-34-16-11-14-32(44-34)28-47(26-25-45)67(61,62)39-21-8-5-18-36(39)50(55)56/h4-11,13-22H,12,23-30H2,1-3H3. The average Bonchev–Trinajstić information content (AvgIpc) is 3.28. The van der Waals surface area contributed by atoms with Crippen LogP contribution in [0.25, 0.3) is 0 Å². The van der Waals surface area contributed by atoms with E-state index in [0.29, 0.717) is 0 Å². The number of para-hydroxylation sites is 3. The molecule has 0 radical (unpaired) electrons. The third-order valence-corrected chi connectivity index (χ3v) is 15.9. The molecule has 0 spiro atoms. The topological polar surface area (TPSA) is 297 Å². The van der Waals surface area contributed by atoms with Gasteiger partial charge in [-0.3, -0.25) is 40.3 Å². The Morgan fingerprint density at radius 3 is 1.21 bits per heavy atom. The largest absolute Gasteiger partial charge is 0.444 e. The molecule has 1 aliphatic rings. The minimum absolute atomic E-state index is 0.0267. The van der Waals surface area contributed by atoms with Gasteiger partial charge in [0.2, 0.25) is 20.0 Å². The molecule has 1 aliphatic heterocycles. The first kappa shape index (κ1) is 50.6. The van der Waals surface area contributed by atoms with Gasteiger partial charge in [-0.1, -0.05) is 48.5 Å². The predicted molar refractivity (Wildman–Crippen MR) is 242 cm³/mol. The summed E-state index contributed by atoms with van der Waals surface area (Å²) in [5.74, 6) is 0. The van der Waals surface area contributed by atoms with Crippen LogP contribution in [0.4, 0.5) is 21.9 Å². The van der Waals surface area contributed by atoms with Gasteiger partial charge in [0.05, 0.1) is 63.7 Å². The molecule has 0 unspecified atom stereocenters. The van der Waals surface area contributed by atoms with Gasteiger partial charge in [0, 0.05) is 44.4 Å². The van der Waals surface area contributed by atoms with E-state index < -0.39 is 134 Å². The number of rotatable bonds is 9. The Labute approximate surface area is 391 Å². The smallest absolute Gasteiger partial charge is 0.410 e. The molecule has 68 heavy (non-hydrogen) atoms. The molecule has 0 saturated carbocycles. The van der Waals surface area contributed by atoms with Crippen molar-refractivity contribution in [3.05, 3.63) is 162 Å². The zero-order valence-electron chi connectivity index (χ0n) is 36.7. The van der Waals surface area contributed by atoms with Crippen molar-refractivity contribution in [2.45, 2.75) is 73.7 Å². The fourth-order valence-electron chi connectivity index (χ4n) is 7.11. The summed E-state index contributed by atoms with van der Waals surface area (Å²) in [6, 6.07) is 22.6. The summed E-state index contributed by atoms with van der Waals surface area (Å²) in [4.78, 5) is 55.8. The van der Waals surface area contributed by atoms with Crippen molar-refractivity contribution in [3.63, 3.8) is 0 Å². The van der Waals surface area contributed by atoms with Gasteiger partial charge < -0.3 is 9.64 Å². The number of nitro groups is 3. The van der Waals surface area contributed by atoms with Crippen molar-refractivity contribution in [2.24, 2.45) is 0 Å². The Morgan fingerprint density at radius 1 is 0.500 bits per heavy atom. The molecular weight excluding hydrogens is 951 g/mol. The van der Waals surface area contributed by atoms with E-state index in [1.165, 1.54) is 72.8 Å². The summed E-state index contributed by atoms with van der Waals surface area (Å²) in [6.07, 6.45) is -1.09. The van der Waals surface area contributed by atoms with Crippen LogP contribution in [0.3, 0.4) is 0 Å². The maximum atomic E-state index is 14.5. The second-order valence-corrected chi connectivity index (χ2v) is 21.9. The fraction of sp³-hybridized carbons (Fsp3) is 0.310. The normalized spacial score (nSPS) is 15.6. The van der Waals surface area contributed by atoms with E-state index in [1.54, 1.807) is 20.8 Å². The van der Waals surface area contributed by atoms with Gasteiger partial charge in [-0.2, -0.15) is 12.9 Å². The summed E-state index contributed by atoms with van der Waals surface area (Å²) in [5, 5.41) is 36.3. The molecule has 0 saturated heterocycles. The Kier molecular flexibility index (Phi) is 15.3. The van der Waals surface area contributed by atoms with E-state index >= 15 is 0 Å². The quantitative estimate of drug-likeness (QED) is 0.128. The SMILES string of the molecule is CC(C)(C)OC(=O)N1CCCN(S(=O)(=O)c2ccccc2[N+](=O)[O-])Cc2cccc(n2)CN(S(=O)(=O)c2ccccc2[N+](=O)[O-])Cc2cccc(n2)CN(S(=O)(=O)c2ccccc2[N+](=O)[O-])CC1. The molecular formula is C42H45N9O14S3. The predicted octanol–water partition coefficient (Wildman–Crippen LogP) is 5.61. The number of sulfonamides is 3. The van der Waals surface area contributed by atoms with Crippen molar-refractivity contribution in [1.29, 1.82) is 0 Å². The van der Waals surface area contributed by atoms with E-state index in [1.807, 2.05) is 0 Å². The van der Waals surface area contributed by atoms with E-state index in [9.17, 15) is 60.4 Å². The van der Waals surface area contributed by atoms with Crippen LogP contribution in [0.2, 0.25) is 0 Å². The molecule has 3 heterocycles. The summed E-state index contributed by atoms with van der Waals surface area (Å²) >= 11 is 0. The number of benzene rings is 3. The first-order valence-corrected chi connectivity index (χ1v) is 24.9. The Balaban J connectivity index is 1.53. The number of nitro benzene ring substituents is 3. The molecule has 5 aromatic rings. The number of pyridine rings is 2. The van der Waals surface area contributed by atoms with Crippen molar-refractivity contribution in [3.8, 4) is 0 Å². The molecule has 23 nitrogen and oxygen atoms in total. The lowest BCUT2D eigenvalue weighted by Crippen LogP contribution is -2.44. The van der Waals surface area contributed by atoms with Gasteiger partial charge in [-0.05, 0) is 69.7 Å². The van der Waals surface area contributed by atoms with E-state index in [2.05, 4.69) is 9.97 Å². The first-order chi connectivity index (χ1) is 32.0. The van der Waals surface area contributed by atoms with Crippen LogP contribution >= 0.6 is 0 Å². The van der Waals surface area contributed by atoms with Crippen LogP contribution in [0.5, 0.6) is 0 Å². The number of carbonyl (C=O) groups excluding carboxylic acids is 1. The number of hydrogen-bond acceptors (Lipinski definition) is 16. The van der Waals surface area contributed by atoms with Crippen LogP contribution in [0.1, 0.15) is 50.0 Å². The molecule has 6 rings (SSSR count). The lowest BCUT2D eigenvalue weighted by molar-refractivity contribution is -0.388. The number of aromatic nitrogens is 2. The van der Waals surface area contributed by atoms with E-state index in [0.717, 1.165) is 54.2 Å². The van der Waals surface area contributed by atoms with Crippen molar-refractivity contribution < 1.29 is 49.6 Å². The number of amides is 1. The van der Waals surface area contributed by atoms with E-state index in [4.69, 9.17) is 4.74 Å².